The van der Waals surface area contributed by atoms with Crippen molar-refractivity contribution in [1.29, 1.82) is 0 Å². The Labute approximate surface area is 171 Å². The number of halogens is 1. The molecule has 0 aliphatic carbocycles. The van der Waals surface area contributed by atoms with Gasteiger partial charge < -0.3 is 14.9 Å². The zero-order chi connectivity index (χ0) is 20.1. The van der Waals surface area contributed by atoms with Crippen LogP contribution in [0.2, 0.25) is 0 Å². The normalized spacial score (nSPS) is 15.3. The fourth-order valence-electron chi connectivity index (χ4n) is 4.09. The number of pyridine rings is 1. The molecule has 0 atom stereocenters. The monoisotopic (exact) mass is 391 g/mol. The quantitative estimate of drug-likeness (QED) is 0.657. The first-order chi connectivity index (χ1) is 14.2. The lowest BCUT2D eigenvalue weighted by molar-refractivity contribution is 0.214. The van der Waals surface area contributed by atoms with E-state index in [1.165, 1.54) is 6.07 Å². The van der Waals surface area contributed by atoms with E-state index in [4.69, 9.17) is 0 Å². The van der Waals surface area contributed by atoms with Gasteiger partial charge in [-0.15, -0.1) is 0 Å². The van der Waals surface area contributed by atoms with Crippen LogP contribution in [0.3, 0.4) is 0 Å². The predicted molar refractivity (Wildman–Crippen MR) is 114 cm³/mol. The third kappa shape index (κ3) is 4.74. The van der Waals surface area contributed by atoms with E-state index >= 15 is 0 Å². The highest BCUT2D eigenvalue weighted by atomic mass is 19.1. The van der Waals surface area contributed by atoms with Gasteiger partial charge in [0.2, 0.25) is 0 Å². The Bertz CT molecular complexity index is 926. The lowest BCUT2D eigenvalue weighted by Gasteiger charge is -2.39. The smallest absolute Gasteiger partial charge is 0.126 e. The van der Waals surface area contributed by atoms with E-state index in [0.29, 0.717) is 6.04 Å². The predicted octanol–water partition coefficient (Wildman–Crippen LogP) is 4.77. The number of aromatic hydroxyl groups is 1. The van der Waals surface area contributed by atoms with Crippen molar-refractivity contribution in [3.8, 4) is 5.75 Å². The summed E-state index contributed by atoms with van der Waals surface area (Å²) in [5, 5.41) is 9.97. The Balaban J connectivity index is 1.44. The second kappa shape index (κ2) is 9.05. The lowest BCUT2D eigenvalue weighted by Crippen LogP contribution is -2.43. The van der Waals surface area contributed by atoms with Gasteiger partial charge in [-0.25, -0.2) is 4.39 Å². The van der Waals surface area contributed by atoms with Crippen molar-refractivity contribution in [1.82, 2.24) is 9.88 Å². The first kappa shape index (κ1) is 19.4. The van der Waals surface area contributed by atoms with Crippen molar-refractivity contribution >= 4 is 11.4 Å². The van der Waals surface area contributed by atoms with Gasteiger partial charge >= 0.3 is 0 Å². The maximum absolute atomic E-state index is 13.9. The van der Waals surface area contributed by atoms with Crippen molar-refractivity contribution in [2.45, 2.75) is 25.3 Å². The number of hydrogen-bond acceptors (Lipinski definition) is 4. The summed E-state index contributed by atoms with van der Waals surface area (Å²) < 4.78 is 13.9. The molecule has 29 heavy (non-hydrogen) atoms. The minimum Gasteiger partial charge on any atom is -0.508 e. The van der Waals surface area contributed by atoms with E-state index in [1.807, 2.05) is 36.5 Å². The van der Waals surface area contributed by atoms with Gasteiger partial charge in [-0.05, 0) is 55.2 Å². The summed E-state index contributed by atoms with van der Waals surface area (Å²) >= 11 is 0. The van der Waals surface area contributed by atoms with Gasteiger partial charge in [-0.3, -0.25) is 4.98 Å². The summed E-state index contributed by atoms with van der Waals surface area (Å²) in [6, 6.07) is 18.7. The average Bonchev–Trinajstić information content (AvgIpc) is 2.75. The molecule has 2 aromatic carbocycles. The van der Waals surface area contributed by atoms with E-state index in [1.54, 1.807) is 24.4 Å². The fourth-order valence-corrected chi connectivity index (χ4v) is 4.09. The molecule has 2 heterocycles. The van der Waals surface area contributed by atoms with Gasteiger partial charge in [0.25, 0.3) is 0 Å². The van der Waals surface area contributed by atoms with E-state index in [9.17, 15) is 9.50 Å². The van der Waals surface area contributed by atoms with Crippen LogP contribution in [-0.2, 0) is 6.42 Å². The van der Waals surface area contributed by atoms with Crippen LogP contribution >= 0.6 is 0 Å². The van der Waals surface area contributed by atoms with Crippen molar-refractivity contribution in [3.05, 3.63) is 84.4 Å². The van der Waals surface area contributed by atoms with Crippen LogP contribution in [0.15, 0.2) is 73.1 Å². The topological polar surface area (TPSA) is 39.6 Å². The summed E-state index contributed by atoms with van der Waals surface area (Å²) in [7, 11) is 0. The minimum absolute atomic E-state index is 0.117. The number of benzene rings is 2. The molecule has 1 N–H and O–H groups in total. The molecule has 0 amide bonds. The minimum atomic E-state index is -0.117. The molecule has 0 spiro atoms. The second-order valence-corrected chi connectivity index (χ2v) is 7.52. The Morgan fingerprint density at radius 3 is 2.52 bits per heavy atom. The number of nitrogens with zero attached hydrogens (tertiary/aromatic N) is 3. The molecular formula is C24H26FN3O. The zero-order valence-electron chi connectivity index (χ0n) is 16.4. The maximum atomic E-state index is 13.9. The summed E-state index contributed by atoms with van der Waals surface area (Å²) in [6.07, 6.45) is 6.38. The molecule has 150 valence electrons. The SMILES string of the molecule is Oc1cccc(N(c2cccnc2)C2CCN(CCc3ccccc3F)CC2)c1. The molecule has 0 unspecified atom stereocenters. The van der Waals surface area contributed by atoms with Gasteiger partial charge in [0.15, 0.2) is 0 Å². The average molecular weight is 391 g/mol. The first-order valence-electron chi connectivity index (χ1n) is 10.1. The van der Waals surface area contributed by atoms with Crippen molar-refractivity contribution in [2.24, 2.45) is 0 Å². The van der Waals surface area contributed by atoms with Crippen molar-refractivity contribution in [2.75, 3.05) is 24.5 Å². The van der Waals surface area contributed by atoms with E-state index < -0.39 is 0 Å². The van der Waals surface area contributed by atoms with Crippen LogP contribution in [0.5, 0.6) is 5.75 Å². The molecular weight excluding hydrogens is 365 g/mol. The lowest BCUT2D eigenvalue weighted by atomic mass is 10.0. The number of piperidine rings is 1. The summed E-state index contributed by atoms with van der Waals surface area (Å²) in [5.74, 6) is 0.146. The van der Waals surface area contributed by atoms with Gasteiger partial charge in [-0.2, -0.15) is 0 Å². The van der Waals surface area contributed by atoms with Crippen LogP contribution in [0.25, 0.3) is 0 Å². The molecule has 4 rings (SSSR count). The van der Waals surface area contributed by atoms with Crippen molar-refractivity contribution in [3.63, 3.8) is 0 Å². The number of anilines is 2. The van der Waals surface area contributed by atoms with Crippen LogP contribution in [0.1, 0.15) is 18.4 Å². The highest BCUT2D eigenvalue weighted by molar-refractivity contribution is 5.64. The van der Waals surface area contributed by atoms with Gasteiger partial charge in [-0.1, -0.05) is 24.3 Å². The molecule has 1 saturated heterocycles. The molecule has 1 aromatic heterocycles. The molecule has 1 aliphatic heterocycles. The number of phenols is 1. The van der Waals surface area contributed by atoms with Crippen molar-refractivity contribution < 1.29 is 9.50 Å². The molecule has 4 nitrogen and oxygen atoms in total. The molecule has 5 heteroatoms. The van der Waals surface area contributed by atoms with Gasteiger partial charge in [0, 0.05) is 43.6 Å². The molecule has 1 aliphatic rings. The first-order valence-corrected chi connectivity index (χ1v) is 10.1. The Kier molecular flexibility index (Phi) is 6.06. The van der Waals surface area contributed by atoms with Crippen LogP contribution in [0.4, 0.5) is 15.8 Å². The Morgan fingerprint density at radius 1 is 1.00 bits per heavy atom. The van der Waals surface area contributed by atoms with Crippen LogP contribution in [-0.4, -0.2) is 40.7 Å². The molecule has 3 aromatic rings. The summed E-state index contributed by atoms with van der Waals surface area (Å²) in [4.78, 5) is 8.97. The fraction of sp³-hybridized carbons (Fsp3) is 0.292. The standard InChI is InChI=1S/C24H26FN3O/c25-24-9-2-1-5-19(24)10-14-27-15-11-20(12-16-27)28(22-7-4-13-26-18-22)21-6-3-8-23(29)17-21/h1-9,13,17-18,20,29H,10-12,14-16H2. The van der Waals surface area contributed by atoms with E-state index in [-0.39, 0.29) is 11.6 Å². The molecule has 0 saturated carbocycles. The molecule has 1 fully saturated rings. The number of hydrogen-bond donors (Lipinski definition) is 1. The zero-order valence-corrected chi connectivity index (χ0v) is 16.4. The third-order valence-electron chi connectivity index (χ3n) is 5.61. The number of aromatic nitrogens is 1. The van der Waals surface area contributed by atoms with E-state index in [2.05, 4.69) is 20.9 Å². The third-order valence-corrected chi connectivity index (χ3v) is 5.61. The molecule has 0 radical (unpaired) electrons. The summed E-state index contributed by atoms with van der Waals surface area (Å²) in [6.45, 7) is 2.80. The van der Waals surface area contributed by atoms with Gasteiger partial charge in [0.1, 0.15) is 11.6 Å². The Hall–Kier alpha value is -2.92. The second-order valence-electron chi connectivity index (χ2n) is 7.52. The largest absolute Gasteiger partial charge is 0.508 e. The number of likely N-dealkylation sites (tertiary alicyclic amines) is 1. The molecule has 0 bridgehead atoms. The summed E-state index contributed by atoms with van der Waals surface area (Å²) in [5.41, 5.74) is 2.79. The number of phenolic OH excluding ortho intramolecular Hbond substituents is 1. The van der Waals surface area contributed by atoms with E-state index in [0.717, 1.165) is 55.8 Å². The van der Waals surface area contributed by atoms with Crippen LogP contribution < -0.4 is 4.90 Å². The van der Waals surface area contributed by atoms with Gasteiger partial charge in [0.05, 0.1) is 11.9 Å². The highest BCUT2D eigenvalue weighted by Crippen LogP contribution is 2.33. The highest BCUT2D eigenvalue weighted by Gasteiger charge is 2.26. The Morgan fingerprint density at radius 2 is 1.79 bits per heavy atom. The number of rotatable bonds is 6. The maximum Gasteiger partial charge on any atom is 0.126 e. The van der Waals surface area contributed by atoms with Crippen LogP contribution in [0, 0.1) is 5.82 Å².